The lowest BCUT2D eigenvalue weighted by atomic mass is 10.2. The van der Waals surface area contributed by atoms with Crippen molar-refractivity contribution < 1.29 is 19.5 Å². The molecule has 1 heterocycles. The third-order valence-corrected chi connectivity index (χ3v) is 3.02. The summed E-state index contributed by atoms with van der Waals surface area (Å²) < 4.78 is 0. The molecular formula is C13H15N3O4. The number of amides is 2. The van der Waals surface area contributed by atoms with Gasteiger partial charge in [0.05, 0.1) is 5.56 Å². The number of nitrogens with zero attached hydrogens (tertiary/aromatic N) is 2. The predicted octanol–water partition coefficient (Wildman–Crippen LogP) is 0.130. The summed E-state index contributed by atoms with van der Waals surface area (Å²) >= 11 is 0. The first kappa shape index (κ1) is 14.0. The van der Waals surface area contributed by atoms with Crippen LogP contribution in [0.4, 0.5) is 0 Å². The molecule has 0 radical (unpaired) electrons. The van der Waals surface area contributed by atoms with Gasteiger partial charge in [-0.05, 0) is 25.0 Å². The van der Waals surface area contributed by atoms with E-state index in [1.165, 1.54) is 30.3 Å². The highest BCUT2D eigenvalue weighted by Gasteiger charge is 2.34. The number of carboxylic acids is 1. The molecule has 1 saturated carbocycles. The van der Waals surface area contributed by atoms with Gasteiger partial charge in [0.1, 0.15) is 12.2 Å². The number of carbonyl (C=O) groups excluding carboxylic acids is 2. The maximum atomic E-state index is 12.2. The first-order valence-electron chi connectivity index (χ1n) is 6.24. The summed E-state index contributed by atoms with van der Waals surface area (Å²) in [7, 11) is 1.49. The Kier molecular flexibility index (Phi) is 3.97. The van der Waals surface area contributed by atoms with E-state index in [9.17, 15) is 14.4 Å². The van der Waals surface area contributed by atoms with Crippen LogP contribution in [0.2, 0.25) is 0 Å². The van der Waals surface area contributed by atoms with Crippen LogP contribution in [0.3, 0.4) is 0 Å². The lowest BCUT2D eigenvalue weighted by Crippen LogP contribution is -2.37. The molecule has 0 unspecified atom stereocenters. The monoisotopic (exact) mass is 277 g/mol. The largest absolute Gasteiger partial charge is 0.480 e. The Hall–Kier alpha value is -2.44. The molecule has 1 aromatic rings. The topological polar surface area (TPSA) is 99.6 Å². The number of aromatic nitrogens is 1. The maximum Gasteiger partial charge on any atom is 0.323 e. The molecule has 1 fully saturated rings. The van der Waals surface area contributed by atoms with E-state index in [1.54, 1.807) is 0 Å². The van der Waals surface area contributed by atoms with E-state index in [0.717, 1.165) is 12.8 Å². The van der Waals surface area contributed by atoms with Gasteiger partial charge in [-0.1, -0.05) is 0 Å². The minimum absolute atomic E-state index is 0.00258. The predicted molar refractivity (Wildman–Crippen MR) is 69.3 cm³/mol. The van der Waals surface area contributed by atoms with Crippen molar-refractivity contribution in [1.29, 1.82) is 0 Å². The number of carbonyl (C=O) groups is 3. The van der Waals surface area contributed by atoms with E-state index in [0.29, 0.717) is 0 Å². The van der Waals surface area contributed by atoms with E-state index in [2.05, 4.69) is 10.3 Å². The highest BCUT2D eigenvalue weighted by molar-refractivity contribution is 5.97. The van der Waals surface area contributed by atoms with E-state index in [-0.39, 0.29) is 35.7 Å². The normalized spacial score (nSPS) is 13.7. The third kappa shape index (κ3) is 3.11. The average molecular weight is 277 g/mol. The van der Waals surface area contributed by atoms with Crippen LogP contribution in [0.1, 0.15) is 33.7 Å². The van der Waals surface area contributed by atoms with Crippen LogP contribution in [0.25, 0.3) is 0 Å². The van der Waals surface area contributed by atoms with Crippen LogP contribution in [0.5, 0.6) is 0 Å². The molecule has 0 aliphatic heterocycles. The van der Waals surface area contributed by atoms with E-state index < -0.39 is 5.97 Å². The molecule has 0 saturated heterocycles. The van der Waals surface area contributed by atoms with Gasteiger partial charge in [0.15, 0.2) is 0 Å². The maximum absolute atomic E-state index is 12.2. The zero-order chi connectivity index (χ0) is 14.7. The molecule has 0 aromatic carbocycles. The number of hydrogen-bond donors (Lipinski definition) is 2. The van der Waals surface area contributed by atoms with Crippen molar-refractivity contribution in [1.82, 2.24) is 15.2 Å². The Morgan fingerprint density at radius 1 is 1.40 bits per heavy atom. The highest BCUT2D eigenvalue weighted by Crippen LogP contribution is 2.27. The Morgan fingerprint density at radius 3 is 2.55 bits per heavy atom. The van der Waals surface area contributed by atoms with Crippen LogP contribution in [0.15, 0.2) is 18.3 Å². The summed E-state index contributed by atoms with van der Waals surface area (Å²) in [4.78, 5) is 39.6. The van der Waals surface area contributed by atoms with Gasteiger partial charge in [0.2, 0.25) is 0 Å². The van der Waals surface area contributed by atoms with Crippen molar-refractivity contribution in [3.63, 3.8) is 0 Å². The minimum atomic E-state index is -1.04. The number of nitrogens with one attached hydrogen (secondary N) is 1. The lowest BCUT2D eigenvalue weighted by Gasteiger charge is -2.20. The summed E-state index contributed by atoms with van der Waals surface area (Å²) in [6, 6.07) is 2.92. The number of carboxylic acid groups (broad SMARTS) is 1. The van der Waals surface area contributed by atoms with Crippen molar-refractivity contribution >= 4 is 17.8 Å². The lowest BCUT2D eigenvalue weighted by molar-refractivity contribution is -0.137. The molecule has 7 nitrogen and oxygen atoms in total. The minimum Gasteiger partial charge on any atom is -0.480 e. The number of aliphatic carboxylic acids is 1. The standard InChI is InChI=1S/C13H15N3O4/c1-14-12(19)10-5-2-8(6-15-10)13(20)16(7-11(17)18)9-3-4-9/h2,5-6,9H,3-4,7H2,1H3,(H,14,19)(H,17,18). The molecule has 1 aliphatic rings. The fourth-order valence-corrected chi connectivity index (χ4v) is 1.85. The van der Waals surface area contributed by atoms with Gasteiger partial charge in [-0.3, -0.25) is 19.4 Å². The second-order valence-electron chi connectivity index (χ2n) is 4.57. The molecule has 7 heteroatoms. The molecule has 106 valence electrons. The Labute approximate surface area is 115 Å². The fraction of sp³-hybridized carbons (Fsp3) is 0.385. The molecule has 1 aliphatic carbocycles. The molecule has 0 spiro atoms. The van der Waals surface area contributed by atoms with Gasteiger partial charge in [0, 0.05) is 19.3 Å². The van der Waals surface area contributed by atoms with E-state index in [4.69, 9.17) is 5.11 Å². The van der Waals surface area contributed by atoms with Crippen molar-refractivity contribution in [3.8, 4) is 0 Å². The molecule has 20 heavy (non-hydrogen) atoms. The highest BCUT2D eigenvalue weighted by atomic mass is 16.4. The van der Waals surface area contributed by atoms with Gasteiger partial charge in [0.25, 0.3) is 11.8 Å². The molecular weight excluding hydrogens is 262 g/mol. The first-order chi connectivity index (χ1) is 9.52. The zero-order valence-electron chi connectivity index (χ0n) is 11.0. The summed E-state index contributed by atoms with van der Waals surface area (Å²) in [5, 5.41) is 11.3. The fourth-order valence-electron chi connectivity index (χ4n) is 1.85. The van der Waals surface area contributed by atoms with Gasteiger partial charge >= 0.3 is 5.97 Å². The zero-order valence-corrected chi connectivity index (χ0v) is 11.0. The quantitative estimate of drug-likeness (QED) is 0.797. The van der Waals surface area contributed by atoms with Crippen LogP contribution >= 0.6 is 0 Å². The van der Waals surface area contributed by atoms with Crippen molar-refractivity contribution in [3.05, 3.63) is 29.6 Å². The molecule has 0 bridgehead atoms. The Balaban J connectivity index is 2.14. The third-order valence-electron chi connectivity index (χ3n) is 3.02. The van der Waals surface area contributed by atoms with Crippen molar-refractivity contribution in [2.75, 3.05) is 13.6 Å². The van der Waals surface area contributed by atoms with Gasteiger partial charge < -0.3 is 15.3 Å². The van der Waals surface area contributed by atoms with Crippen LogP contribution in [-0.4, -0.2) is 52.4 Å². The SMILES string of the molecule is CNC(=O)c1ccc(C(=O)N(CC(=O)O)C2CC2)cn1. The van der Waals surface area contributed by atoms with Crippen molar-refractivity contribution in [2.45, 2.75) is 18.9 Å². The summed E-state index contributed by atoms with van der Waals surface area (Å²) in [6.07, 6.45) is 2.94. The van der Waals surface area contributed by atoms with Gasteiger partial charge in [-0.25, -0.2) is 0 Å². The Bertz CT molecular complexity index is 537. The van der Waals surface area contributed by atoms with Crippen LogP contribution < -0.4 is 5.32 Å². The number of pyridine rings is 1. The van der Waals surface area contributed by atoms with Crippen LogP contribution in [0, 0.1) is 0 Å². The molecule has 2 N–H and O–H groups in total. The number of rotatable bonds is 5. The summed E-state index contributed by atoms with van der Waals surface area (Å²) in [5.74, 6) is -1.75. The second kappa shape index (κ2) is 5.68. The Morgan fingerprint density at radius 2 is 2.10 bits per heavy atom. The average Bonchev–Trinajstić information content (AvgIpc) is 3.27. The van der Waals surface area contributed by atoms with Gasteiger partial charge in [-0.2, -0.15) is 0 Å². The summed E-state index contributed by atoms with van der Waals surface area (Å²) in [5.41, 5.74) is 0.492. The van der Waals surface area contributed by atoms with Crippen molar-refractivity contribution in [2.24, 2.45) is 0 Å². The summed E-state index contributed by atoms with van der Waals surface area (Å²) in [6.45, 7) is -0.319. The molecule has 2 amide bonds. The molecule has 1 aromatic heterocycles. The van der Waals surface area contributed by atoms with E-state index >= 15 is 0 Å². The second-order valence-corrected chi connectivity index (χ2v) is 4.57. The number of hydrogen-bond acceptors (Lipinski definition) is 4. The van der Waals surface area contributed by atoms with Crippen LogP contribution in [-0.2, 0) is 4.79 Å². The molecule has 0 atom stereocenters. The van der Waals surface area contributed by atoms with E-state index in [1.807, 2.05) is 0 Å². The first-order valence-corrected chi connectivity index (χ1v) is 6.24. The smallest absolute Gasteiger partial charge is 0.323 e. The van der Waals surface area contributed by atoms with Gasteiger partial charge in [-0.15, -0.1) is 0 Å². The molecule has 2 rings (SSSR count).